The predicted octanol–water partition coefficient (Wildman–Crippen LogP) is 3.28. The highest BCUT2D eigenvalue weighted by atomic mass is 79.9. The zero-order valence-corrected chi connectivity index (χ0v) is 13.6. The second-order valence-electron chi connectivity index (χ2n) is 5.29. The molecule has 0 aliphatic carbocycles. The number of fused-ring (bicyclic) bond motifs is 1. The maximum atomic E-state index is 11.8. The fourth-order valence-electron chi connectivity index (χ4n) is 2.88. The van der Waals surface area contributed by atoms with Crippen LogP contribution in [0.15, 0.2) is 46.9 Å². The van der Waals surface area contributed by atoms with Crippen LogP contribution in [0.1, 0.15) is 22.7 Å². The van der Waals surface area contributed by atoms with Crippen molar-refractivity contribution in [3.8, 4) is 0 Å². The van der Waals surface area contributed by atoms with Crippen molar-refractivity contribution in [2.45, 2.75) is 12.5 Å². The molecule has 2 aromatic rings. The predicted molar refractivity (Wildman–Crippen MR) is 88.6 cm³/mol. The van der Waals surface area contributed by atoms with Gasteiger partial charge in [-0.3, -0.25) is 4.79 Å². The smallest absolute Gasteiger partial charge is 0.231 e. The van der Waals surface area contributed by atoms with Crippen molar-refractivity contribution in [3.05, 3.63) is 63.6 Å². The van der Waals surface area contributed by atoms with Gasteiger partial charge in [-0.15, -0.1) is 0 Å². The summed E-state index contributed by atoms with van der Waals surface area (Å²) in [6.45, 7) is 0. The van der Waals surface area contributed by atoms with Gasteiger partial charge in [0, 0.05) is 17.2 Å². The Morgan fingerprint density at radius 3 is 2.67 bits per heavy atom. The standard InChI is InChI=1S/C17H17BrN2O/c1-19-17(11-4-3-5-14(18)9-11)12-6-7-15-13(8-12)10-16(21)20(15)2/h3-9,17,19H,10H2,1-2H3. The average Bonchev–Trinajstić information content (AvgIpc) is 2.75. The maximum absolute atomic E-state index is 11.8. The molecule has 4 heteroatoms. The fraction of sp³-hybridized carbons (Fsp3) is 0.235. The fourth-order valence-corrected chi connectivity index (χ4v) is 3.30. The van der Waals surface area contributed by atoms with Crippen molar-refractivity contribution < 1.29 is 4.79 Å². The Morgan fingerprint density at radius 1 is 1.19 bits per heavy atom. The molecule has 1 heterocycles. The molecule has 1 aliphatic rings. The Hall–Kier alpha value is -1.65. The number of nitrogens with one attached hydrogen (secondary N) is 1. The SMILES string of the molecule is CNC(c1cccc(Br)c1)c1ccc2c(c1)CC(=O)N2C. The molecule has 0 saturated carbocycles. The van der Waals surface area contributed by atoms with Crippen LogP contribution in [0, 0.1) is 0 Å². The molecule has 3 rings (SSSR count). The zero-order chi connectivity index (χ0) is 15.0. The van der Waals surface area contributed by atoms with E-state index in [1.54, 1.807) is 4.90 Å². The number of hydrogen-bond donors (Lipinski definition) is 1. The van der Waals surface area contributed by atoms with Crippen LogP contribution in [-0.2, 0) is 11.2 Å². The third kappa shape index (κ3) is 2.61. The van der Waals surface area contributed by atoms with Gasteiger partial charge in [-0.25, -0.2) is 0 Å². The van der Waals surface area contributed by atoms with Gasteiger partial charge in [0.25, 0.3) is 0 Å². The largest absolute Gasteiger partial charge is 0.315 e. The number of nitrogens with zero attached hydrogens (tertiary/aromatic N) is 1. The number of carbonyl (C=O) groups is 1. The highest BCUT2D eigenvalue weighted by Crippen LogP contribution is 2.32. The molecule has 0 saturated heterocycles. The first-order chi connectivity index (χ1) is 10.1. The lowest BCUT2D eigenvalue weighted by Crippen LogP contribution is -2.20. The topological polar surface area (TPSA) is 32.3 Å². The van der Waals surface area contributed by atoms with Gasteiger partial charge in [0.15, 0.2) is 0 Å². The van der Waals surface area contributed by atoms with Crippen molar-refractivity contribution in [2.75, 3.05) is 19.0 Å². The van der Waals surface area contributed by atoms with Gasteiger partial charge in [0.05, 0.1) is 12.5 Å². The van der Waals surface area contributed by atoms with E-state index in [0.29, 0.717) is 6.42 Å². The lowest BCUT2D eigenvalue weighted by atomic mass is 9.96. The summed E-state index contributed by atoms with van der Waals surface area (Å²) in [7, 11) is 3.79. The molecule has 0 spiro atoms. The number of likely N-dealkylation sites (N-methyl/N-ethyl adjacent to an activating group) is 1. The molecule has 3 nitrogen and oxygen atoms in total. The first-order valence-corrected chi connectivity index (χ1v) is 7.71. The van der Waals surface area contributed by atoms with E-state index in [0.717, 1.165) is 15.7 Å². The van der Waals surface area contributed by atoms with Crippen LogP contribution in [0.5, 0.6) is 0 Å². The molecule has 0 bridgehead atoms. The minimum absolute atomic E-state index is 0.119. The van der Waals surface area contributed by atoms with Gasteiger partial charge in [0.1, 0.15) is 0 Å². The number of hydrogen-bond acceptors (Lipinski definition) is 2. The maximum Gasteiger partial charge on any atom is 0.231 e. The summed E-state index contributed by atoms with van der Waals surface area (Å²) in [6, 6.07) is 14.7. The molecule has 2 aromatic carbocycles. The van der Waals surface area contributed by atoms with Crippen molar-refractivity contribution in [1.82, 2.24) is 5.32 Å². The van der Waals surface area contributed by atoms with Crippen molar-refractivity contribution >= 4 is 27.5 Å². The third-order valence-electron chi connectivity index (χ3n) is 3.98. The Kier molecular flexibility index (Phi) is 3.83. The third-order valence-corrected chi connectivity index (χ3v) is 4.48. The van der Waals surface area contributed by atoms with E-state index in [1.807, 2.05) is 32.3 Å². The minimum Gasteiger partial charge on any atom is -0.315 e. The van der Waals surface area contributed by atoms with Crippen LogP contribution < -0.4 is 10.2 Å². The quantitative estimate of drug-likeness (QED) is 0.926. The van der Waals surface area contributed by atoms with Crippen molar-refractivity contribution in [2.24, 2.45) is 0 Å². The van der Waals surface area contributed by atoms with E-state index in [4.69, 9.17) is 0 Å². The molecule has 1 aliphatic heterocycles. The first-order valence-electron chi connectivity index (χ1n) is 6.92. The lowest BCUT2D eigenvalue weighted by molar-refractivity contribution is -0.117. The van der Waals surface area contributed by atoms with Gasteiger partial charge in [0.2, 0.25) is 5.91 Å². The molecular formula is C17H17BrN2O. The van der Waals surface area contributed by atoms with E-state index in [9.17, 15) is 4.79 Å². The Bertz CT molecular complexity index is 699. The summed E-state index contributed by atoms with van der Waals surface area (Å²) in [5, 5.41) is 3.36. The number of rotatable bonds is 3. The van der Waals surface area contributed by atoms with Gasteiger partial charge in [-0.2, -0.15) is 0 Å². The molecule has 1 N–H and O–H groups in total. The van der Waals surface area contributed by atoms with E-state index in [-0.39, 0.29) is 11.9 Å². The second-order valence-corrected chi connectivity index (χ2v) is 6.21. The Morgan fingerprint density at radius 2 is 1.95 bits per heavy atom. The molecule has 0 radical (unpaired) electrons. The summed E-state index contributed by atoms with van der Waals surface area (Å²) in [4.78, 5) is 13.5. The molecule has 1 amide bonds. The monoisotopic (exact) mass is 344 g/mol. The Balaban J connectivity index is 2.00. The number of anilines is 1. The van der Waals surface area contributed by atoms with Crippen molar-refractivity contribution in [1.29, 1.82) is 0 Å². The minimum atomic E-state index is 0.119. The molecular weight excluding hydrogens is 328 g/mol. The number of amides is 1. The summed E-state index contributed by atoms with van der Waals surface area (Å²) in [5.41, 5.74) is 4.50. The van der Waals surface area contributed by atoms with Crippen LogP contribution in [0.3, 0.4) is 0 Å². The summed E-state index contributed by atoms with van der Waals surface area (Å²) >= 11 is 3.52. The normalized spacial score (nSPS) is 15.2. The van der Waals surface area contributed by atoms with Crippen LogP contribution in [0.2, 0.25) is 0 Å². The second kappa shape index (κ2) is 5.62. The van der Waals surface area contributed by atoms with E-state index in [2.05, 4.69) is 45.5 Å². The number of carbonyl (C=O) groups excluding carboxylic acids is 1. The molecule has 21 heavy (non-hydrogen) atoms. The summed E-state index contributed by atoms with van der Waals surface area (Å²) < 4.78 is 1.07. The van der Waals surface area contributed by atoms with Crippen LogP contribution in [-0.4, -0.2) is 20.0 Å². The van der Waals surface area contributed by atoms with Gasteiger partial charge in [-0.1, -0.05) is 40.2 Å². The molecule has 0 fully saturated rings. The van der Waals surface area contributed by atoms with Crippen molar-refractivity contribution in [3.63, 3.8) is 0 Å². The Labute approximate surface area is 133 Å². The molecule has 1 atom stereocenters. The molecule has 0 aromatic heterocycles. The summed E-state index contributed by atoms with van der Waals surface area (Å²) in [6.07, 6.45) is 0.495. The lowest BCUT2D eigenvalue weighted by Gasteiger charge is -2.19. The molecule has 1 unspecified atom stereocenters. The van der Waals surface area contributed by atoms with Crippen LogP contribution >= 0.6 is 15.9 Å². The number of halogens is 1. The van der Waals surface area contributed by atoms with E-state index >= 15 is 0 Å². The van der Waals surface area contributed by atoms with Crippen LogP contribution in [0.25, 0.3) is 0 Å². The molecule has 108 valence electrons. The summed E-state index contributed by atoms with van der Waals surface area (Å²) in [5.74, 6) is 0.158. The van der Waals surface area contributed by atoms with Crippen LogP contribution in [0.4, 0.5) is 5.69 Å². The van der Waals surface area contributed by atoms with E-state index in [1.165, 1.54) is 11.1 Å². The van der Waals surface area contributed by atoms with Gasteiger partial charge >= 0.3 is 0 Å². The van der Waals surface area contributed by atoms with E-state index < -0.39 is 0 Å². The average molecular weight is 345 g/mol. The number of benzene rings is 2. The van der Waals surface area contributed by atoms with Gasteiger partial charge in [-0.05, 0) is 41.9 Å². The van der Waals surface area contributed by atoms with Gasteiger partial charge < -0.3 is 10.2 Å². The first kappa shape index (κ1) is 14.3. The zero-order valence-electron chi connectivity index (χ0n) is 12.1. The highest BCUT2D eigenvalue weighted by Gasteiger charge is 2.25. The highest BCUT2D eigenvalue weighted by molar-refractivity contribution is 9.10.